The van der Waals surface area contributed by atoms with Crippen LogP contribution in [0.2, 0.25) is 0 Å². The van der Waals surface area contributed by atoms with E-state index in [-0.39, 0.29) is 0 Å². The third-order valence-electron chi connectivity index (χ3n) is 4.99. The van der Waals surface area contributed by atoms with Crippen LogP contribution >= 0.6 is 11.8 Å². The second-order valence-corrected chi connectivity index (χ2v) is 8.64. The normalized spacial score (nSPS) is 18.0. The molecule has 3 aromatic carbocycles. The highest BCUT2D eigenvalue weighted by Crippen LogP contribution is 2.32. The molecule has 1 aliphatic rings. The molecule has 29 heavy (non-hydrogen) atoms. The first kappa shape index (κ1) is 19.6. The number of hydrogen-bond donors (Lipinski definition) is 0. The summed E-state index contributed by atoms with van der Waals surface area (Å²) in [7, 11) is 1.68. The van der Waals surface area contributed by atoms with Gasteiger partial charge in [0, 0.05) is 24.0 Å². The van der Waals surface area contributed by atoms with Gasteiger partial charge in [-0.1, -0.05) is 54.2 Å². The number of thioether (sulfide) groups is 1. The van der Waals surface area contributed by atoms with Crippen LogP contribution in [0.3, 0.4) is 0 Å². The second kappa shape index (κ2) is 8.78. The summed E-state index contributed by atoms with van der Waals surface area (Å²) in [6.45, 7) is 5.99. The molecule has 0 N–H and O–H groups in total. The van der Waals surface area contributed by atoms with E-state index in [2.05, 4.69) is 55.1 Å². The van der Waals surface area contributed by atoms with Crippen molar-refractivity contribution in [1.82, 2.24) is 4.90 Å². The monoisotopic (exact) mass is 406 g/mol. The van der Waals surface area contributed by atoms with E-state index in [9.17, 15) is 0 Å². The summed E-state index contributed by atoms with van der Waals surface area (Å²) in [5, 5.41) is 3.73. The fraction of sp³-hybridized carbons (Fsp3) is 0.292. The van der Waals surface area contributed by atoms with E-state index in [1.807, 2.05) is 30.3 Å². The summed E-state index contributed by atoms with van der Waals surface area (Å²) in [6.07, 6.45) is 0. The van der Waals surface area contributed by atoms with Gasteiger partial charge in [0.25, 0.3) is 0 Å². The Morgan fingerprint density at radius 2 is 1.86 bits per heavy atom. The number of rotatable bonds is 6. The molecule has 1 unspecified atom stereocenters. The first-order valence-corrected chi connectivity index (χ1v) is 10.8. The lowest BCUT2D eigenvalue weighted by Crippen LogP contribution is -2.33. The van der Waals surface area contributed by atoms with Crippen LogP contribution in [0.4, 0.5) is 5.69 Å². The van der Waals surface area contributed by atoms with E-state index in [0.29, 0.717) is 17.9 Å². The predicted octanol–water partition coefficient (Wildman–Crippen LogP) is 5.74. The molecule has 0 aliphatic carbocycles. The number of fused-ring (bicyclic) bond motifs is 1. The highest BCUT2D eigenvalue weighted by Gasteiger charge is 2.31. The predicted molar refractivity (Wildman–Crippen MR) is 123 cm³/mol. The third-order valence-corrected chi connectivity index (χ3v) is 6.15. The number of methoxy groups -OCH3 is 1. The molecule has 5 heteroatoms. The van der Waals surface area contributed by atoms with Crippen molar-refractivity contribution in [1.29, 1.82) is 0 Å². The van der Waals surface area contributed by atoms with Gasteiger partial charge in [0.05, 0.1) is 18.0 Å². The Morgan fingerprint density at radius 3 is 2.69 bits per heavy atom. The summed E-state index contributed by atoms with van der Waals surface area (Å²) >= 11 is 1.79. The molecule has 0 bridgehead atoms. The number of hydrogen-bond acceptors (Lipinski definition) is 4. The van der Waals surface area contributed by atoms with Gasteiger partial charge in [-0.05, 0) is 37.4 Å². The Hall–Kier alpha value is -2.66. The zero-order valence-electron chi connectivity index (χ0n) is 17.0. The minimum absolute atomic E-state index is 0.334. The summed E-state index contributed by atoms with van der Waals surface area (Å²) in [6, 6.07) is 22.8. The first-order valence-electron chi connectivity index (χ1n) is 9.90. The van der Waals surface area contributed by atoms with E-state index in [4.69, 9.17) is 14.5 Å². The van der Waals surface area contributed by atoms with Crippen LogP contribution in [-0.4, -0.2) is 41.6 Å². The van der Waals surface area contributed by atoms with Gasteiger partial charge >= 0.3 is 0 Å². The Balaban J connectivity index is 1.50. The van der Waals surface area contributed by atoms with Crippen molar-refractivity contribution < 1.29 is 9.47 Å². The quantitative estimate of drug-likeness (QED) is 0.523. The summed E-state index contributed by atoms with van der Waals surface area (Å²) in [5.41, 5.74) is 0.910. The van der Waals surface area contributed by atoms with Gasteiger partial charge in [0.1, 0.15) is 18.1 Å². The van der Waals surface area contributed by atoms with E-state index >= 15 is 0 Å². The van der Waals surface area contributed by atoms with Crippen molar-refractivity contribution in [3.8, 4) is 11.5 Å². The zero-order valence-corrected chi connectivity index (χ0v) is 17.9. The molecule has 0 saturated carbocycles. The minimum Gasteiger partial charge on any atom is -0.497 e. The van der Waals surface area contributed by atoms with E-state index in [1.165, 1.54) is 5.39 Å². The average Bonchev–Trinajstić information content (AvgIpc) is 3.15. The molecule has 1 aliphatic heterocycles. The van der Waals surface area contributed by atoms with Crippen LogP contribution in [-0.2, 0) is 0 Å². The Morgan fingerprint density at radius 1 is 1.07 bits per heavy atom. The highest BCUT2D eigenvalue weighted by molar-refractivity contribution is 8.14. The largest absolute Gasteiger partial charge is 0.497 e. The van der Waals surface area contributed by atoms with Crippen molar-refractivity contribution >= 4 is 33.4 Å². The molecule has 1 fully saturated rings. The highest BCUT2D eigenvalue weighted by atomic mass is 32.2. The zero-order chi connectivity index (χ0) is 20.2. The van der Waals surface area contributed by atoms with Gasteiger partial charge in [-0.25, -0.2) is 4.99 Å². The standard InChI is InChI=1S/C24H26N2O2S/c1-17(2)26-15-21(29-24(26)25-19-10-7-11-20(14-19)27-3)16-28-23-13-6-9-18-8-4-5-12-22(18)23/h4-14,17,21H,15-16H2,1-3H3. The maximum Gasteiger partial charge on any atom is 0.165 e. The van der Waals surface area contributed by atoms with Gasteiger partial charge in [0.2, 0.25) is 0 Å². The fourth-order valence-electron chi connectivity index (χ4n) is 3.46. The Bertz CT molecular complexity index is 1010. The lowest BCUT2D eigenvalue weighted by molar-refractivity contribution is 0.288. The smallest absolute Gasteiger partial charge is 0.165 e. The second-order valence-electron chi connectivity index (χ2n) is 7.37. The number of benzene rings is 3. The molecule has 1 saturated heterocycles. The molecule has 0 radical (unpaired) electrons. The number of amidine groups is 1. The molecule has 0 spiro atoms. The maximum atomic E-state index is 6.24. The van der Waals surface area contributed by atoms with E-state index in [1.54, 1.807) is 18.9 Å². The van der Waals surface area contributed by atoms with Crippen molar-refractivity contribution in [2.45, 2.75) is 25.1 Å². The van der Waals surface area contributed by atoms with Crippen LogP contribution in [0.25, 0.3) is 10.8 Å². The van der Waals surface area contributed by atoms with Gasteiger partial charge in [-0.2, -0.15) is 0 Å². The van der Waals surface area contributed by atoms with Crippen molar-refractivity contribution in [3.05, 3.63) is 66.7 Å². The maximum absolute atomic E-state index is 6.24. The molecule has 0 amide bonds. The molecule has 150 valence electrons. The lowest BCUT2D eigenvalue weighted by atomic mass is 10.1. The average molecular weight is 407 g/mol. The summed E-state index contributed by atoms with van der Waals surface area (Å²) < 4.78 is 11.6. The fourth-order valence-corrected chi connectivity index (χ4v) is 4.70. The van der Waals surface area contributed by atoms with Crippen LogP contribution in [0.5, 0.6) is 11.5 Å². The van der Waals surface area contributed by atoms with Crippen LogP contribution < -0.4 is 9.47 Å². The van der Waals surface area contributed by atoms with Gasteiger partial charge < -0.3 is 14.4 Å². The van der Waals surface area contributed by atoms with Gasteiger partial charge in [-0.3, -0.25) is 0 Å². The van der Waals surface area contributed by atoms with E-state index in [0.717, 1.165) is 34.3 Å². The summed E-state index contributed by atoms with van der Waals surface area (Å²) in [5.74, 6) is 1.76. The van der Waals surface area contributed by atoms with Gasteiger partial charge in [0.15, 0.2) is 5.17 Å². The topological polar surface area (TPSA) is 34.1 Å². The molecule has 1 atom stereocenters. The number of aliphatic imine (C=N–C) groups is 1. The SMILES string of the molecule is COc1cccc(N=C2SC(COc3cccc4ccccc34)CN2C(C)C)c1. The molecule has 0 aromatic heterocycles. The molecule has 4 nitrogen and oxygen atoms in total. The molecular weight excluding hydrogens is 380 g/mol. The van der Waals surface area contributed by atoms with Crippen LogP contribution in [0.1, 0.15) is 13.8 Å². The molecule has 4 rings (SSSR count). The van der Waals surface area contributed by atoms with Crippen molar-refractivity contribution in [3.63, 3.8) is 0 Å². The van der Waals surface area contributed by atoms with Crippen molar-refractivity contribution in [2.75, 3.05) is 20.3 Å². The Labute approximate surface area is 176 Å². The molecular formula is C24H26N2O2S. The first-order chi connectivity index (χ1) is 14.1. The van der Waals surface area contributed by atoms with Gasteiger partial charge in [-0.15, -0.1) is 0 Å². The Kier molecular flexibility index (Phi) is 5.95. The molecule has 3 aromatic rings. The summed E-state index contributed by atoms with van der Waals surface area (Å²) in [4.78, 5) is 7.24. The number of nitrogens with zero attached hydrogens (tertiary/aromatic N) is 2. The van der Waals surface area contributed by atoms with Crippen LogP contribution in [0, 0.1) is 0 Å². The third kappa shape index (κ3) is 4.51. The van der Waals surface area contributed by atoms with Crippen LogP contribution in [0.15, 0.2) is 71.7 Å². The minimum atomic E-state index is 0.334. The number of ether oxygens (including phenoxy) is 2. The van der Waals surface area contributed by atoms with E-state index < -0.39 is 0 Å². The molecule has 1 heterocycles. The van der Waals surface area contributed by atoms with Crippen molar-refractivity contribution in [2.24, 2.45) is 4.99 Å². The lowest BCUT2D eigenvalue weighted by Gasteiger charge is -2.22.